The number of carbonyl (C=O) groups is 1. The zero-order valence-corrected chi connectivity index (χ0v) is 17.3. The van der Waals surface area contributed by atoms with E-state index in [4.69, 9.17) is 0 Å². The molecular weight excluding hydrogens is 384 g/mol. The summed E-state index contributed by atoms with van der Waals surface area (Å²) in [7, 11) is -3.90. The van der Waals surface area contributed by atoms with Crippen molar-refractivity contribution in [1.29, 1.82) is 0 Å². The van der Waals surface area contributed by atoms with Gasteiger partial charge in [0.2, 0.25) is 5.91 Å². The van der Waals surface area contributed by atoms with Crippen LogP contribution in [0.2, 0.25) is 0 Å². The molecule has 150 valence electrons. The van der Waals surface area contributed by atoms with E-state index in [-0.39, 0.29) is 11.4 Å². The Morgan fingerprint density at radius 1 is 0.897 bits per heavy atom. The molecule has 0 bridgehead atoms. The second-order valence-corrected chi connectivity index (χ2v) is 8.57. The number of anilines is 2. The lowest BCUT2D eigenvalue weighted by molar-refractivity contribution is -0.114. The molecule has 3 rings (SSSR count). The first-order valence-corrected chi connectivity index (χ1v) is 10.9. The number of sulfonamides is 1. The zero-order valence-electron chi connectivity index (χ0n) is 16.5. The average Bonchev–Trinajstić information content (AvgIpc) is 2.74. The fourth-order valence-electron chi connectivity index (χ4n) is 2.97. The first-order valence-electron chi connectivity index (χ1n) is 9.44. The number of carbonyl (C=O) groups excluding carboxylic acids is 1. The molecule has 1 N–H and O–H groups in total. The first-order chi connectivity index (χ1) is 13.9. The Hall–Kier alpha value is -3.12. The number of para-hydroxylation sites is 1. The highest BCUT2D eigenvalue weighted by molar-refractivity contribution is 7.92. The van der Waals surface area contributed by atoms with E-state index in [0.717, 1.165) is 21.9 Å². The van der Waals surface area contributed by atoms with Gasteiger partial charge in [0.15, 0.2) is 0 Å². The van der Waals surface area contributed by atoms with E-state index < -0.39 is 15.9 Å². The zero-order chi connectivity index (χ0) is 20.9. The fourth-order valence-corrected chi connectivity index (χ4v) is 4.41. The Balaban J connectivity index is 1.94. The van der Waals surface area contributed by atoms with Crippen molar-refractivity contribution in [2.75, 3.05) is 16.2 Å². The molecule has 29 heavy (non-hydrogen) atoms. The molecule has 1 amide bonds. The SMILES string of the molecule is CCc1ccc(N(CC(=O)Nc2ccccc2C)S(=O)(=O)c2ccccc2)cc1. The van der Waals surface area contributed by atoms with Crippen LogP contribution in [-0.2, 0) is 21.2 Å². The van der Waals surface area contributed by atoms with Gasteiger partial charge in [-0.1, -0.05) is 55.5 Å². The van der Waals surface area contributed by atoms with Crippen molar-refractivity contribution in [3.8, 4) is 0 Å². The fraction of sp³-hybridized carbons (Fsp3) is 0.174. The molecule has 5 nitrogen and oxygen atoms in total. The number of nitrogens with one attached hydrogen (secondary N) is 1. The van der Waals surface area contributed by atoms with E-state index in [1.54, 1.807) is 36.4 Å². The molecule has 0 aliphatic carbocycles. The van der Waals surface area contributed by atoms with E-state index in [1.165, 1.54) is 12.1 Å². The molecule has 3 aromatic carbocycles. The maximum absolute atomic E-state index is 13.3. The van der Waals surface area contributed by atoms with Gasteiger partial charge in [-0.15, -0.1) is 0 Å². The van der Waals surface area contributed by atoms with E-state index >= 15 is 0 Å². The molecule has 0 aromatic heterocycles. The second-order valence-electron chi connectivity index (χ2n) is 6.71. The molecular formula is C23H24N2O3S. The molecule has 0 aliphatic heterocycles. The third-order valence-corrected chi connectivity index (χ3v) is 6.46. The van der Waals surface area contributed by atoms with Gasteiger partial charge in [0.25, 0.3) is 10.0 Å². The van der Waals surface area contributed by atoms with Crippen LogP contribution in [0.1, 0.15) is 18.1 Å². The van der Waals surface area contributed by atoms with Crippen molar-refractivity contribution in [2.24, 2.45) is 0 Å². The third kappa shape index (κ3) is 4.84. The minimum Gasteiger partial charge on any atom is -0.324 e. The number of nitrogens with zero attached hydrogens (tertiary/aromatic N) is 1. The summed E-state index contributed by atoms with van der Waals surface area (Å²) in [6.45, 7) is 3.59. The second kappa shape index (κ2) is 8.92. The van der Waals surface area contributed by atoms with Crippen LogP contribution in [0.4, 0.5) is 11.4 Å². The monoisotopic (exact) mass is 408 g/mol. The Bertz CT molecular complexity index is 1080. The van der Waals surface area contributed by atoms with Gasteiger partial charge < -0.3 is 5.32 Å². The van der Waals surface area contributed by atoms with Crippen LogP contribution < -0.4 is 9.62 Å². The van der Waals surface area contributed by atoms with Crippen LogP contribution in [0.15, 0.2) is 83.8 Å². The minimum absolute atomic E-state index is 0.142. The third-order valence-electron chi connectivity index (χ3n) is 4.67. The number of rotatable bonds is 7. The molecule has 6 heteroatoms. The Morgan fingerprint density at radius 2 is 1.52 bits per heavy atom. The highest BCUT2D eigenvalue weighted by Gasteiger charge is 2.27. The molecule has 0 radical (unpaired) electrons. The average molecular weight is 409 g/mol. The molecule has 0 atom stereocenters. The lowest BCUT2D eigenvalue weighted by atomic mass is 10.1. The highest BCUT2D eigenvalue weighted by Crippen LogP contribution is 2.24. The van der Waals surface area contributed by atoms with E-state index in [9.17, 15) is 13.2 Å². The Morgan fingerprint density at radius 3 is 2.14 bits per heavy atom. The van der Waals surface area contributed by atoms with Gasteiger partial charge in [0.05, 0.1) is 10.6 Å². The first kappa shape index (κ1) is 20.6. The maximum atomic E-state index is 13.3. The van der Waals surface area contributed by atoms with E-state index in [2.05, 4.69) is 5.32 Å². The van der Waals surface area contributed by atoms with Crippen LogP contribution in [0.3, 0.4) is 0 Å². The van der Waals surface area contributed by atoms with Crippen LogP contribution in [0, 0.1) is 6.92 Å². The van der Waals surface area contributed by atoms with E-state index in [0.29, 0.717) is 11.4 Å². The van der Waals surface area contributed by atoms with Crippen molar-refractivity contribution in [3.05, 3.63) is 90.0 Å². The van der Waals surface area contributed by atoms with E-state index in [1.807, 2.05) is 44.2 Å². The topological polar surface area (TPSA) is 66.5 Å². The summed E-state index contributed by atoms with van der Waals surface area (Å²) >= 11 is 0. The van der Waals surface area contributed by atoms with Gasteiger partial charge in [-0.25, -0.2) is 8.42 Å². The molecule has 0 saturated heterocycles. The summed E-state index contributed by atoms with van der Waals surface area (Å²) < 4.78 is 27.7. The molecule has 0 aliphatic rings. The standard InChI is InChI=1S/C23H24N2O3S/c1-3-19-13-15-20(16-14-19)25(29(27,28)21-10-5-4-6-11-21)17-23(26)24-22-12-8-7-9-18(22)2/h4-16H,3,17H2,1-2H3,(H,24,26). The van der Waals surface area contributed by atoms with Crippen molar-refractivity contribution in [1.82, 2.24) is 0 Å². The summed E-state index contributed by atoms with van der Waals surface area (Å²) in [5, 5.41) is 2.81. The number of benzene rings is 3. The number of hydrogen-bond acceptors (Lipinski definition) is 3. The molecule has 3 aromatic rings. The van der Waals surface area contributed by atoms with Gasteiger partial charge >= 0.3 is 0 Å². The maximum Gasteiger partial charge on any atom is 0.264 e. The van der Waals surface area contributed by atoms with Gasteiger partial charge in [-0.3, -0.25) is 9.10 Å². The minimum atomic E-state index is -3.90. The van der Waals surface area contributed by atoms with Gasteiger partial charge in [-0.2, -0.15) is 0 Å². The normalized spacial score (nSPS) is 11.1. The van der Waals surface area contributed by atoms with Gasteiger partial charge in [0, 0.05) is 5.69 Å². The molecule has 0 spiro atoms. The van der Waals surface area contributed by atoms with Crippen LogP contribution in [0.25, 0.3) is 0 Å². The summed E-state index contributed by atoms with van der Waals surface area (Å²) in [6, 6.07) is 22.8. The quantitative estimate of drug-likeness (QED) is 0.630. The summed E-state index contributed by atoms with van der Waals surface area (Å²) in [5.41, 5.74) is 3.11. The smallest absolute Gasteiger partial charge is 0.264 e. The Kier molecular flexibility index (Phi) is 6.34. The predicted molar refractivity (Wildman–Crippen MR) is 117 cm³/mol. The van der Waals surface area contributed by atoms with Gasteiger partial charge in [-0.05, 0) is 54.8 Å². The lowest BCUT2D eigenvalue weighted by Crippen LogP contribution is -2.38. The van der Waals surface area contributed by atoms with Crippen LogP contribution in [0.5, 0.6) is 0 Å². The van der Waals surface area contributed by atoms with Crippen LogP contribution in [-0.4, -0.2) is 20.9 Å². The predicted octanol–water partition coefficient (Wildman–Crippen LogP) is 4.39. The number of amides is 1. The molecule has 0 fully saturated rings. The molecule has 0 unspecified atom stereocenters. The van der Waals surface area contributed by atoms with Crippen molar-refractivity contribution >= 4 is 27.3 Å². The lowest BCUT2D eigenvalue weighted by Gasteiger charge is -2.24. The summed E-state index contributed by atoms with van der Waals surface area (Å²) in [5.74, 6) is -0.404. The largest absolute Gasteiger partial charge is 0.324 e. The summed E-state index contributed by atoms with van der Waals surface area (Å²) in [4.78, 5) is 12.9. The number of aryl methyl sites for hydroxylation is 2. The van der Waals surface area contributed by atoms with Crippen molar-refractivity contribution in [3.63, 3.8) is 0 Å². The Labute approximate surface area is 172 Å². The summed E-state index contributed by atoms with van der Waals surface area (Å²) in [6.07, 6.45) is 0.847. The van der Waals surface area contributed by atoms with Crippen molar-refractivity contribution < 1.29 is 13.2 Å². The van der Waals surface area contributed by atoms with Crippen LogP contribution >= 0.6 is 0 Å². The van der Waals surface area contributed by atoms with Crippen molar-refractivity contribution in [2.45, 2.75) is 25.2 Å². The number of hydrogen-bond donors (Lipinski definition) is 1. The van der Waals surface area contributed by atoms with Gasteiger partial charge in [0.1, 0.15) is 6.54 Å². The highest BCUT2D eigenvalue weighted by atomic mass is 32.2. The molecule has 0 saturated carbocycles. The molecule has 0 heterocycles.